The van der Waals surface area contributed by atoms with Crippen LogP contribution in [-0.2, 0) is 4.79 Å². The smallest absolute Gasteiger partial charge is 0.243 e. The van der Waals surface area contributed by atoms with E-state index in [1.165, 1.54) is 30.3 Å². The second-order valence-electron chi connectivity index (χ2n) is 4.88. The number of carbonyl (C=O) groups is 1. The number of nitrogens with one attached hydrogen (secondary N) is 1. The standard InChI is InChI=1S/C18H17NO4/c1-19-18(23)7-4-12-3-6-17(22)14(8-12)5-2-13-9-15(20)11-16(21)10-13/h2-11,20-22H,1H3,(H,19,23)/b5-2+,7-4+. The fourth-order valence-electron chi connectivity index (χ4n) is 1.97. The number of likely N-dealkylation sites (N-methyl/N-ethyl adjacent to an activating group) is 1. The van der Waals surface area contributed by atoms with E-state index < -0.39 is 0 Å². The molecule has 0 aliphatic heterocycles. The Bertz CT molecular complexity index is 758. The summed E-state index contributed by atoms with van der Waals surface area (Å²) in [5.41, 5.74) is 1.89. The van der Waals surface area contributed by atoms with E-state index in [9.17, 15) is 20.1 Å². The number of phenolic OH excluding ortho intramolecular Hbond substituents is 3. The molecule has 0 aliphatic carbocycles. The van der Waals surface area contributed by atoms with Crippen molar-refractivity contribution in [3.8, 4) is 17.2 Å². The van der Waals surface area contributed by atoms with Gasteiger partial charge in [-0.1, -0.05) is 18.2 Å². The van der Waals surface area contributed by atoms with Crippen LogP contribution in [0.25, 0.3) is 18.2 Å². The molecule has 5 nitrogen and oxygen atoms in total. The third-order valence-electron chi connectivity index (χ3n) is 3.11. The molecule has 0 heterocycles. The van der Waals surface area contributed by atoms with Gasteiger partial charge >= 0.3 is 0 Å². The van der Waals surface area contributed by atoms with Crippen molar-refractivity contribution < 1.29 is 20.1 Å². The first kappa shape index (κ1) is 16.2. The summed E-state index contributed by atoms with van der Waals surface area (Å²) in [6.45, 7) is 0. The highest BCUT2D eigenvalue weighted by Gasteiger charge is 2.00. The molecule has 2 rings (SSSR count). The Labute approximate surface area is 133 Å². The first-order chi connectivity index (χ1) is 11.0. The zero-order valence-corrected chi connectivity index (χ0v) is 12.5. The van der Waals surface area contributed by atoms with Crippen LogP contribution in [-0.4, -0.2) is 28.3 Å². The van der Waals surface area contributed by atoms with Crippen molar-refractivity contribution in [1.82, 2.24) is 5.32 Å². The van der Waals surface area contributed by atoms with Crippen molar-refractivity contribution in [2.45, 2.75) is 0 Å². The largest absolute Gasteiger partial charge is 0.508 e. The molecule has 2 aromatic carbocycles. The lowest BCUT2D eigenvalue weighted by Crippen LogP contribution is -2.13. The van der Waals surface area contributed by atoms with Crippen LogP contribution in [0, 0.1) is 0 Å². The second kappa shape index (κ2) is 7.17. The average molecular weight is 311 g/mol. The number of benzene rings is 2. The van der Waals surface area contributed by atoms with Gasteiger partial charge in [-0.25, -0.2) is 0 Å². The van der Waals surface area contributed by atoms with Crippen LogP contribution in [0.4, 0.5) is 0 Å². The van der Waals surface area contributed by atoms with Crippen LogP contribution in [0.15, 0.2) is 42.5 Å². The molecule has 0 atom stereocenters. The quantitative estimate of drug-likeness (QED) is 0.516. The van der Waals surface area contributed by atoms with Crippen LogP contribution >= 0.6 is 0 Å². The van der Waals surface area contributed by atoms with E-state index in [0.29, 0.717) is 11.1 Å². The molecule has 0 saturated carbocycles. The molecule has 4 N–H and O–H groups in total. The number of rotatable bonds is 4. The van der Waals surface area contributed by atoms with Crippen LogP contribution in [0.2, 0.25) is 0 Å². The van der Waals surface area contributed by atoms with E-state index in [1.54, 1.807) is 37.4 Å². The summed E-state index contributed by atoms with van der Waals surface area (Å²) in [6.07, 6.45) is 6.34. The third-order valence-corrected chi connectivity index (χ3v) is 3.11. The molecule has 0 fully saturated rings. The van der Waals surface area contributed by atoms with Crippen molar-refractivity contribution in [2.75, 3.05) is 7.05 Å². The highest BCUT2D eigenvalue weighted by Crippen LogP contribution is 2.25. The highest BCUT2D eigenvalue weighted by molar-refractivity contribution is 5.91. The number of carbonyl (C=O) groups excluding carboxylic acids is 1. The third kappa shape index (κ3) is 4.64. The van der Waals surface area contributed by atoms with Gasteiger partial charge in [-0.15, -0.1) is 0 Å². The zero-order valence-electron chi connectivity index (χ0n) is 12.5. The number of hydrogen-bond acceptors (Lipinski definition) is 4. The summed E-state index contributed by atoms with van der Waals surface area (Å²) in [5.74, 6) is -0.222. The monoisotopic (exact) mass is 311 g/mol. The van der Waals surface area contributed by atoms with E-state index in [-0.39, 0.29) is 23.2 Å². The van der Waals surface area contributed by atoms with Gasteiger partial charge in [-0.05, 0) is 41.5 Å². The molecule has 5 heteroatoms. The summed E-state index contributed by atoms with van der Waals surface area (Å²) >= 11 is 0. The summed E-state index contributed by atoms with van der Waals surface area (Å²) in [7, 11) is 1.54. The molecule has 1 amide bonds. The Balaban J connectivity index is 2.26. The molecule has 23 heavy (non-hydrogen) atoms. The van der Waals surface area contributed by atoms with Gasteiger partial charge in [0, 0.05) is 24.8 Å². The van der Waals surface area contributed by atoms with Crippen molar-refractivity contribution in [1.29, 1.82) is 0 Å². The second-order valence-corrected chi connectivity index (χ2v) is 4.88. The minimum Gasteiger partial charge on any atom is -0.508 e. The Morgan fingerprint density at radius 2 is 1.61 bits per heavy atom. The zero-order chi connectivity index (χ0) is 16.8. The number of amides is 1. The molecule has 0 bridgehead atoms. The van der Waals surface area contributed by atoms with Gasteiger partial charge in [0.05, 0.1) is 0 Å². The van der Waals surface area contributed by atoms with Crippen LogP contribution < -0.4 is 5.32 Å². The predicted octanol–water partition coefficient (Wildman–Crippen LogP) is 2.73. The first-order valence-corrected chi connectivity index (χ1v) is 6.92. The summed E-state index contributed by atoms with van der Waals surface area (Å²) < 4.78 is 0. The van der Waals surface area contributed by atoms with Gasteiger partial charge < -0.3 is 20.6 Å². The van der Waals surface area contributed by atoms with Crippen molar-refractivity contribution >= 4 is 24.1 Å². The molecule has 0 aliphatic rings. The maximum absolute atomic E-state index is 11.2. The van der Waals surface area contributed by atoms with E-state index >= 15 is 0 Å². The molecular formula is C18H17NO4. The van der Waals surface area contributed by atoms with Gasteiger partial charge in [-0.3, -0.25) is 4.79 Å². The molecule has 0 saturated heterocycles. The molecule has 0 unspecified atom stereocenters. The summed E-state index contributed by atoms with van der Waals surface area (Å²) in [5, 5.41) is 31.3. The lowest BCUT2D eigenvalue weighted by molar-refractivity contribution is -0.115. The van der Waals surface area contributed by atoms with Crippen molar-refractivity contribution in [2.24, 2.45) is 0 Å². The van der Waals surface area contributed by atoms with Gasteiger partial charge in [0.2, 0.25) is 5.91 Å². The van der Waals surface area contributed by atoms with Gasteiger partial charge in [0.25, 0.3) is 0 Å². The maximum Gasteiger partial charge on any atom is 0.243 e. The first-order valence-electron chi connectivity index (χ1n) is 6.92. The van der Waals surface area contributed by atoms with E-state index in [4.69, 9.17) is 0 Å². The van der Waals surface area contributed by atoms with E-state index in [0.717, 1.165) is 5.56 Å². The lowest BCUT2D eigenvalue weighted by atomic mass is 10.1. The van der Waals surface area contributed by atoms with Gasteiger partial charge in [0.15, 0.2) is 0 Å². The van der Waals surface area contributed by atoms with Crippen molar-refractivity contribution in [3.63, 3.8) is 0 Å². The molecule has 0 aromatic heterocycles. The lowest BCUT2D eigenvalue weighted by Gasteiger charge is -2.02. The fraction of sp³-hybridized carbons (Fsp3) is 0.0556. The van der Waals surface area contributed by atoms with Crippen molar-refractivity contribution in [3.05, 3.63) is 59.2 Å². The Kier molecular flexibility index (Phi) is 5.04. The molecule has 2 aromatic rings. The highest BCUT2D eigenvalue weighted by atomic mass is 16.3. The SMILES string of the molecule is CNC(=O)/C=C/c1ccc(O)c(/C=C/c2cc(O)cc(O)c2)c1. The Morgan fingerprint density at radius 1 is 0.913 bits per heavy atom. The topological polar surface area (TPSA) is 89.8 Å². The van der Waals surface area contributed by atoms with Gasteiger partial charge in [-0.2, -0.15) is 0 Å². The molecule has 0 spiro atoms. The Hall–Kier alpha value is -3.21. The molecule has 118 valence electrons. The number of phenols is 3. The maximum atomic E-state index is 11.2. The predicted molar refractivity (Wildman–Crippen MR) is 89.9 cm³/mol. The van der Waals surface area contributed by atoms with E-state index in [1.807, 2.05) is 0 Å². The summed E-state index contributed by atoms with van der Waals surface area (Å²) in [4.78, 5) is 11.2. The average Bonchev–Trinajstić information content (AvgIpc) is 2.51. The number of aromatic hydroxyl groups is 3. The van der Waals surface area contributed by atoms with Crippen LogP contribution in [0.1, 0.15) is 16.7 Å². The Morgan fingerprint density at radius 3 is 2.26 bits per heavy atom. The summed E-state index contributed by atoms with van der Waals surface area (Å²) in [6, 6.07) is 9.15. The minimum absolute atomic E-state index is 0.0452. The minimum atomic E-state index is -0.217. The number of hydrogen-bond donors (Lipinski definition) is 4. The van der Waals surface area contributed by atoms with Crippen LogP contribution in [0.3, 0.4) is 0 Å². The van der Waals surface area contributed by atoms with Gasteiger partial charge in [0.1, 0.15) is 17.2 Å². The molecule has 0 radical (unpaired) electrons. The fourth-order valence-corrected chi connectivity index (χ4v) is 1.97. The van der Waals surface area contributed by atoms with Crippen LogP contribution in [0.5, 0.6) is 17.2 Å². The molecular weight excluding hydrogens is 294 g/mol. The van der Waals surface area contributed by atoms with E-state index in [2.05, 4.69) is 5.32 Å². The normalized spacial score (nSPS) is 11.2.